The molecule has 0 aliphatic rings. The number of halogens is 1. The Morgan fingerprint density at radius 3 is 2.63 bits per heavy atom. The van der Waals surface area contributed by atoms with Gasteiger partial charge in [0.15, 0.2) is 11.5 Å². The lowest BCUT2D eigenvalue weighted by Gasteiger charge is -2.15. The van der Waals surface area contributed by atoms with E-state index in [1.54, 1.807) is 7.11 Å². The normalized spacial score (nSPS) is 11.0. The first-order chi connectivity index (χ1) is 13.0. The number of nitrogens with one attached hydrogen (secondary N) is 1. The summed E-state index contributed by atoms with van der Waals surface area (Å²) in [6.45, 7) is 9.18. The molecule has 0 heterocycles. The summed E-state index contributed by atoms with van der Waals surface area (Å²) in [7, 11) is 1.67. The molecule has 148 valence electrons. The summed E-state index contributed by atoms with van der Waals surface area (Å²) in [5.41, 5.74) is 3.53. The average molecular weight is 436 g/mol. The van der Waals surface area contributed by atoms with Crippen molar-refractivity contribution < 1.29 is 14.2 Å². The van der Waals surface area contributed by atoms with Gasteiger partial charge in [-0.3, -0.25) is 0 Å². The number of methoxy groups -OCH3 is 1. The molecule has 0 amide bonds. The van der Waals surface area contributed by atoms with Crippen LogP contribution >= 0.6 is 15.9 Å². The van der Waals surface area contributed by atoms with Crippen LogP contribution in [0.4, 0.5) is 0 Å². The Labute approximate surface area is 171 Å². The molecule has 2 aromatic rings. The average Bonchev–Trinajstić information content (AvgIpc) is 2.64. The van der Waals surface area contributed by atoms with Gasteiger partial charge in [0.05, 0.1) is 17.7 Å². The van der Waals surface area contributed by atoms with E-state index in [-0.39, 0.29) is 6.10 Å². The van der Waals surface area contributed by atoms with Crippen molar-refractivity contribution in [1.82, 2.24) is 5.32 Å². The second kappa shape index (κ2) is 11.3. The fraction of sp³-hybridized carbons (Fsp3) is 0.455. The molecule has 4 nitrogen and oxygen atoms in total. The Bertz CT molecular complexity index is 719. The van der Waals surface area contributed by atoms with Gasteiger partial charge in [0.25, 0.3) is 0 Å². The van der Waals surface area contributed by atoms with Gasteiger partial charge in [0.1, 0.15) is 6.61 Å². The minimum atomic E-state index is 0.289. The first-order valence-electron chi connectivity index (χ1n) is 9.37. The van der Waals surface area contributed by atoms with Crippen molar-refractivity contribution in [1.29, 1.82) is 0 Å². The highest BCUT2D eigenvalue weighted by Gasteiger charge is 2.12. The predicted molar refractivity (Wildman–Crippen MR) is 114 cm³/mol. The van der Waals surface area contributed by atoms with Crippen molar-refractivity contribution in [2.75, 3.05) is 20.3 Å². The molecule has 0 fully saturated rings. The number of ether oxygens (including phenoxy) is 3. The summed E-state index contributed by atoms with van der Waals surface area (Å²) >= 11 is 3.63. The molecule has 0 aromatic heterocycles. The highest BCUT2D eigenvalue weighted by Crippen LogP contribution is 2.37. The highest BCUT2D eigenvalue weighted by atomic mass is 79.9. The van der Waals surface area contributed by atoms with Crippen molar-refractivity contribution in [3.63, 3.8) is 0 Å². The molecule has 0 radical (unpaired) electrons. The lowest BCUT2D eigenvalue weighted by atomic mass is 10.1. The Morgan fingerprint density at radius 1 is 1.15 bits per heavy atom. The zero-order valence-corrected chi connectivity index (χ0v) is 18.3. The van der Waals surface area contributed by atoms with Gasteiger partial charge < -0.3 is 19.5 Å². The summed E-state index contributed by atoms with van der Waals surface area (Å²) in [5, 5.41) is 3.44. The minimum absolute atomic E-state index is 0.289. The fourth-order valence-corrected chi connectivity index (χ4v) is 3.29. The minimum Gasteiger partial charge on any atom is -0.493 e. The third-order valence-corrected chi connectivity index (χ3v) is 4.79. The van der Waals surface area contributed by atoms with Gasteiger partial charge in [-0.1, -0.05) is 24.3 Å². The highest BCUT2D eigenvalue weighted by molar-refractivity contribution is 9.10. The molecule has 27 heavy (non-hydrogen) atoms. The molecule has 0 bridgehead atoms. The van der Waals surface area contributed by atoms with Crippen LogP contribution in [0.3, 0.4) is 0 Å². The number of aryl methyl sites for hydroxylation is 1. The molecule has 0 aliphatic heterocycles. The summed E-state index contributed by atoms with van der Waals surface area (Å²) in [6, 6.07) is 12.3. The number of rotatable bonds is 11. The van der Waals surface area contributed by atoms with E-state index in [4.69, 9.17) is 14.2 Å². The number of benzene rings is 2. The number of hydrogen-bond acceptors (Lipinski definition) is 4. The maximum atomic E-state index is 6.05. The Kier molecular flexibility index (Phi) is 9.11. The molecule has 0 saturated carbocycles. The Hall–Kier alpha value is -1.56. The van der Waals surface area contributed by atoms with E-state index in [1.807, 2.05) is 18.2 Å². The van der Waals surface area contributed by atoms with E-state index in [2.05, 4.69) is 60.2 Å². The van der Waals surface area contributed by atoms with Crippen molar-refractivity contribution in [2.24, 2.45) is 0 Å². The van der Waals surface area contributed by atoms with E-state index >= 15 is 0 Å². The van der Waals surface area contributed by atoms with Gasteiger partial charge in [-0.25, -0.2) is 0 Å². The van der Waals surface area contributed by atoms with Gasteiger partial charge in [-0.15, -0.1) is 0 Å². The van der Waals surface area contributed by atoms with Crippen molar-refractivity contribution in [2.45, 2.75) is 46.4 Å². The van der Waals surface area contributed by atoms with Gasteiger partial charge >= 0.3 is 0 Å². The van der Waals surface area contributed by atoms with Crippen molar-refractivity contribution in [3.05, 3.63) is 57.6 Å². The Morgan fingerprint density at radius 2 is 1.93 bits per heavy atom. The van der Waals surface area contributed by atoms with E-state index < -0.39 is 0 Å². The molecular formula is C22H30BrNO3. The second-order valence-corrected chi connectivity index (χ2v) is 7.63. The lowest BCUT2D eigenvalue weighted by molar-refractivity contribution is 0.0770. The third kappa shape index (κ3) is 7.17. The maximum absolute atomic E-state index is 6.05. The van der Waals surface area contributed by atoms with Crippen LogP contribution in [-0.2, 0) is 17.9 Å². The summed E-state index contributed by atoms with van der Waals surface area (Å²) < 4.78 is 18.1. The first-order valence-corrected chi connectivity index (χ1v) is 10.2. The standard InChI is InChI=1S/C22H30BrNO3/c1-16(2)26-11-7-10-24-14-18-12-20(23)22(21(13-18)25-4)27-15-19-9-6-5-8-17(19)3/h5-6,8-9,12-13,16,24H,7,10-11,14-15H2,1-4H3. The third-order valence-electron chi connectivity index (χ3n) is 4.20. The molecule has 0 spiro atoms. The van der Waals surface area contributed by atoms with E-state index in [9.17, 15) is 0 Å². The van der Waals surface area contributed by atoms with E-state index in [1.165, 1.54) is 11.1 Å². The second-order valence-electron chi connectivity index (χ2n) is 6.77. The van der Waals surface area contributed by atoms with Crippen LogP contribution in [0.5, 0.6) is 11.5 Å². The molecule has 0 aliphatic carbocycles. The molecule has 1 N–H and O–H groups in total. The predicted octanol–water partition coefficient (Wildman–Crippen LogP) is 5.25. The van der Waals surface area contributed by atoms with E-state index in [0.29, 0.717) is 6.61 Å². The van der Waals surface area contributed by atoms with Crippen LogP contribution in [0.2, 0.25) is 0 Å². The zero-order valence-electron chi connectivity index (χ0n) is 16.7. The fourth-order valence-electron chi connectivity index (χ4n) is 2.69. The summed E-state index contributed by atoms with van der Waals surface area (Å²) in [6.07, 6.45) is 1.28. The molecule has 2 aromatic carbocycles. The largest absolute Gasteiger partial charge is 0.493 e. The number of hydrogen-bond donors (Lipinski definition) is 1. The molecule has 0 unspecified atom stereocenters. The van der Waals surface area contributed by atoms with Crippen molar-refractivity contribution >= 4 is 15.9 Å². The van der Waals surface area contributed by atoms with Crippen LogP contribution in [0, 0.1) is 6.92 Å². The summed E-state index contributed by atoms with van der Waals surface area (Å²) in [5.74, 6) is 1.47. The first kappa shape index (κ1) is 21.7. The molecule has 2 rings (SSSR count). The quantitative estimate of drug-likeness (QED) is 0.489. The maximum Gasteiger partial charge on any atom is 0.175 e. The van der Waals surface area contributed by atoms with Crippen LogP contribution < -0.4 is 14.8 Å². The van der Waals surface area contributed by atoms with Crippen LogP contribution in [0.25, 0.3) is 0 Å². The van der Waals surface area contributed by atoms with Crippen LogP contribution in [0.1, 0.15) is 37.0 Å². The topological polar surface area (TPSA) is 39.7 Å². The smallest absolute Gasteiger partial charge is 0.175 e. The monoisotopic (exact) mass is 435 g/mol. The summed E-state index contributed by atoms with van der Waals surface area (Å²) in [4.78, 5) is 0. The molecule has 0 saturated heterocycles. The van der Waals surface area contributed by atoms with Crippen molar-refractivity contribution in [3.8, 4) is 11.5 Å². The lowest BCUT2D eigenvalue weighted by Crippen LogP contribution is -2.17. The van der Waals surface area contributed by atoms with Crippen LogP contribution in [-0.4, -0.2) is 26.4 Å². The molecule has 5 heteroatoms. The SMILES string of the molecule is COc1cc(CNCCCOC(C)C)cc(Br)c1OCc1ccccc1C. The van der Waals surface area contributed by atoms with Gasteiger partial charge in [0, 0.05) is 13.2 Å². The van der Waals surface area contributed by atoms with Gasteiger partial charge in [-0.2, -0.15) is 0 Å². The van der Waals surface area contributed by atoms with Crippen LogP contribution in [0.15, 0.2) is 40.9 Å². The Balaban J connectivity index is 1.93. The van der Waals surface area contributed by atoms with E-state index in [0.717, 1.165) is 47.7 Å². The zero-order chi connectivity index (χ0) is 19.6. The molecular weight excluding hydrogens is 406 g/mol. The van der Waals surface area contributed by atoms with Gasteiger partial charge in [0.2, 0.25) is 0 Å². The van der Waals surface area contributed by atoms with Gasteiger partial charge in [-0.05, 0) is 78.5 Å². The molecule has 0 atom stereocenters.